The minimum atomic E-state index is -0.523. The molecule has 0 spiro atoms. The van der Waals surface area contributed by atoms with E-state index in [0.29, 0.717) is 38.4 Å². The number of hydrogen-bond donors (Lipinski definition) is 1. The molecule has 1 aromatic carbocycles. The lowest BCUT2D eigenvalue weighted by molar-refractivity contribution is 0.0525. The van der Waals surface area contributed by atoms with Crippen molar-refractivity contribution in [3.05, 3.63) is 50.3 Å². The number of aromatic nitrogens is 1. The van der Waals surface area contributed by atoms with Crippen LogP contribution in [-0.2, 0) is 4.74 Å². The monoisotopic (exact) mass is 460 g/mol. The predicted molar refractivity (Wildman–Crippen MR) is 111 cm³/mol. The van der Waals surface area contributed by atoms with Crippen LogP contribution in [0.4, 0.5) is 0 Å². The third-order valence-electron chi connectivity index (χ3n) is 4.31. The number of ketones is 1. The zero-order valence-corrected chi connectivity index (χ0v) is 18.4. The number of H-pyrrole nitrogens is 1. The van der Waals surface area contributed by atoms with Gasteiger partial charge < -0.3 is 19.2 Å². The van der Waals surface area contributed by atoms with Gasteiger partial charge in [0, 0.05) is 10.2 Å². The highest BCUT2D eigenvalue weighted by molar-refractivity contribution is 9.10. The van der Waals surface area contributed by atoms with Crippen LogP contribution >= 0.6 is 15.9 Å². The molecular weight excluding hydrogens is 440 g/mol. The Labute approximate surface area is 177 Å². The van der Waals surface area contributed by atoms with Crippen LogP contribution in [0.2, 0.25) is 0 Å². The number of methoxy groups -OCH3 is 2. The van der Waals surface area contributed by atoms with Crippen molar-refractivity contribution in [2.45, 2.75) is 20.8 Å². The van der Waals surface area contributed by atoms with E-state index < -0.39 is 11.8 Å². The molecule has 0 radical (unpaired) electrons. The molecule has 0 aliphatic rings. The van der Waals surface area contributed by atoms with Crippen molar-refractivity contribution in [2.75, 3.05) is 20.8 Å². The molecule has 0 aliphatic carbocycles. The fraction of sp³-hybridized carbons (Fsp3) is 0.286. The standard InChI is InChI=1S/C21H21BrN2O5/c1-6-29-21(26)18-11(2)19(24-12(18)3)20(25)14(10-23)7-13-8-16(27-4)17(28-5)9-15(13)22/h7-9,24H,6H2,1-5H3/b14-7+. The van der Waals surface area contributed by atoms with Crippen LogP contribution in [0.3, 0.4) is 0 Å². The maximum Gasteiger partial charge on any atom is 0.340 e. The van der Waals surface area contributed by atoms with E-state index in [1.807, 2.05) is 6.07 Å². The number of aryl methyl sites for hydroxylation is 1. The SMILES string of the molecule is CCOC(=O)c1c(C)[nH]c(C(=O)/C(C#N)=C/c2cc(OC)c(OC)cc2Br)c1C. The summed E-state index contributed by atoms with van der Waals surface area (Å²) >= 11 is 3.41. The molecule has 0 fully saturated rings. The molecule has 7 nitrogen and oxygen atoms in total. The summed E-state index contributed by atoms with van der Waals surface area (Å²) in [5.41, 5.74) is 1.90. The molecular formula is C21H21BrN2O5. The molecule has 152 valence electrons. The second-order valence-corrected chi connectivity index (χ2v) is 6.93. The molecule has 2 rings (SSSR count). The summed E-state index contributed by atoms with van der Waals surface area (Å²) in [7, 11) is 3.01. The number of carbonyl (C=O) groups is 2. The number of benzene rings is 1. The molecule has 0 unspecified atom stereocenters. The highest BCUT2D eigenvalue weighted by Crippen LogP contribution is 2.34. The van der Waals surface area contributed by atoms with Gasteiger partial charge in [0.25, 0.3) is 0 Å². The van der Waals surface area contributed by atoms with Gasteiger partial charge in [-0.3, -0.25) is 4.79 Å². The van der Waals surface area contributed by atoms with Gasteiger partial charge in [-0.1, -0.05) is 15.9 Å². The molecule has 1 heterocycles. The first-order chi connectivity index (χ1) is 13.8. The summed E-state index contributed by atoms with van der Waals surface area (Å²) in [6, 6.07) is 5.28. The molecule has 1 N–H and O–H groups in total. The lowest BCUT2D eigenvalue weighted by atomic mass is 10.0. The third kappa shape index (κ3) is 4.51. The normalized spacial score (nSPS) is 11.0. The smallest absolute Gasteiger partial charge is 0.340 e. The number of nitrogens with zero attached hydrogens (tertiary/aromatic N) is 1. The van der Waals surface area contributed by atoms with E-state index in [1.54, 1.807) is 32.9 Å². The lowest BCUT2D eigenvalue weighted by Gasteiger charge is -2.10. The average Bonchev–Trinajstić information content (AvgIpc) is 3.00. The van der Waals surface area contributed by atoms with Crippen LogP contribution in [0.1, 0.15) is 44.6 Å². The van der Waals surface area contributed by atoms with Gasteiger partial charge in [0.2, 0.25) is 5.78 Å². The van der Waals surface area contributed by atoms with Gasteiger partial charge in [0.15, 0.2) is 11.5 Å². The Morgan fingerprint density at radius 2 is 1.83 bits per heavy atom. The number of ether oxygens (including phenoxy) is 3. The van der Waals surface area contributed by atoms with Crippen LogP contribution in [0.15, 0.2) is 22.2 Å². The maximum absolute atomic E-state index is 13.0. The van der Waals surface area contributed by atoms with Crippen molar-refractivity contribution >= 4 is 33.8 Å². The zero-order valence-electron chi connectivity index (χ0n) is 16.8. The molecule has 0 aliphatic heterocycles. The van der Waals surface area contributed by atoms with Crippen LogP contribution in [0, 0.1) is 25.2 Å². The van der Waals surface area contributed by atoms with E-state index >= 15 is 0 Å². The Kier molecular flexibility index (Phi) is 7.23. The van der Waals surface area contributed by atoms with E-state index in [2.05, 4.69) is 20.9 Å². The first-order valence-corrected chi connectivity index (χ1v) is 9.52. The van der Waals surface area contributed by atoms with E-state index in [4.69, 9.17) is 14.2 Å². The molecule has 0 amide bonds. The van der Waals surface area contributed by atoms with E-state index in [1.165, 1.54) is 20.3 Å². The number of Topliss-reactive ketones (excluding diaryl/α,β-unsaturated/α-hetero) is 1. The quantitative estimate of drug-likeness (QED) is 0.284. The van der Waals surface area contributed by atoms with Crippen molar-refractivity contribution in [3.63, 3.8) is 0 Å². The highest BCUT2D eigenvalue weighted by atomic mass is 79.9. The van der Waals surface area contributed by atoms with Crippen LogP contribution in [0.5, 0.6) is 11.5 Å². The minimum Gasteiger partial charge on any atom is -0.493 e. The van der Waals surface area contributed by atoms with Gasteiger partial charge in [-0.05, 0) is 50.1 Å². The van der Waals surface area contributed by atoms with Crippen LogP contribution in [0.25, 0.3) is 6.08 Å². The highest BCUT2D eigenvalue weighted by Gasteiger charge is 2.25. The largest absolute Gasteiger partial charge is 0.493 e. The van der Waals surface area contributed by atoms with Crippen LogP contribution in [-0.4, -0.2) is 37.6 Å². The molecule has 0 saturated carbocycles. The average molecular weight is 461 g/mol. The van der Waals surface area contributed by atoms with Crippen molar-refractivity contribution in [1.29, 1.82) is 5.26 Å². The third-order valence-corrected chi connectivity index (χ3v) is 5.00. The van der Waals surface area contributed by atoms with E-state index in [9.17, 15) is 14.9 Å². The number of esters is 1. The Bertz CT molecular complexity index is 1030. The summed E-state index contributed by atoms with van der Waals surface area (Å²) in [5.74, 6) is -0.0623. The number of carbonyl (C=O) groups excluding carboxylic acids is 2. The van der Waals surface area contributed by atoms with E-state index in [0.717, 1.165) is 0 Å². The number of hydrogen-bond acceptors (Lipinski definition) is 6. The second kappa shape index (κ2) is 9.43. The molecule has 8 heteroatoms. The van der Waals surface area contributed by atoms with Crippen molar-refractivity contribution in [1.82, 2.24) is 4.98 Å². The van der Waals surface area contributed by atoms with Gasteiger partial charge in [0.1, 0.15) is 11.6 Å². The lowest BCUT2D eigenvalue weighted by Crippen LogP contribution is -2.08. The minimum absolute atomic E-state index is 0.0994. The maximum atomic E-state index is 13.0. The van der Waals surface area contributed by atoms with Gasteiger partial charge in [-0.25, -0.2) is 4.79 Å². The Hall–Kier alpha value is -3.05. The second-order valence-electron chi connectivity index (χ2n) is 6.07. The van der Waals surface area contributed by atoms with E-state index in [-0.39, 0.29) is 17.9 Å². The van der Waals surface area contributed by atoms with Crippen LogP contribution < -0.4 is 9.47 Å². The first-order valence-electron chi connectivity index (χ1n) is 8.73. The molecule has 0 saturated heterocycles. The number of halogens is 1. The topological polar surface area (TPSA) is 101 Å². The van der Waals surface area contributed by atoms with Gasteiger partial charge in [-0.2, -0.15) is 5.26 Å². The molecule has 2 aromatic rings. The number of rotatable bonds is 7. The molecule has 0 atom stereocenters. The first kappa shape index (κ1) is 22.2. The number of aromatic amines is 1. The Morgan fingerprint density at radius 3 is 2.38 bits per heavy atom. The predicted octanol–water partition coefficient (Wildman–Crippen LogP) is 4.38. The Morgan fingerprint density at radius 1 is 1.21 bits per heavy atom. The number of nitriles is 1. The fourth-order valence-electron chi connectivity index (χ4n) is 2.91. The van der Waals surface area contributed by atoms with Crippen molar-refractivity contribution in [2.24, 2.45) is 0 Å². The summed E-state index contributed by atoms with van der Waals surface area (Å²) in [4.78, 5) is 28.1. The Balaban J connectivity index is 2.51. The molecule has 1 aromatic heterocycles. The molecule has 0 bridgehead atoms. The summed E-state index contributed by atoms with van der Waals surface area (Å²) in [6.07, 6.45) is 1.45. The van der Waals surface area contributed by atoms with Crippen molar-refractivity contribution in [3.8, 4) is 17.6 Å². The summed E-state index contributed by atoms with van der Waals surface area (Å²) < 4.78 is 16.2. The molecule has 29 heavy (non-hydrogen) atoms. The van der Waals surface area contributed by atoms with Gasteiger partial charge in [0.05, 0.1) is 32.1 Å². The zero-order chi connectivity index (χ0) is 21.7. The van der Waals surface area contributed by atoms with Crippen molar-refractivity contribution < 1.29 is 23.8 Å². The van der Waals surface area contributed by atoms with Gasteiger partial charge in [-0.15, -0.1) is 0 Å². The van der Waals surface area contributed by atoms with Gasteiger partial charge >= 0.3 is 5.97 Å². The summed E-state index contributed by atoms with van der Waals surface area (Å²) in [5, 5.41) is 9.58. The summed E-state index contributed by atoms with van der Waals surface area (Å²) in [6.45, 7) is 5.25. The fourth-order valence-corrected chi connectivity index (χ4v) is 3.34. The number of allylic oxidation sites excluding steroid dienone is 1. The number of nitrogens with one attached hydrogen (secondary N) is 1.